The van der Waals surface area contributed by atoms with E-state index < -0.39 is 0 Å². The number of thiophene rings is 1. The third-order valence-corrected chi connectivity index (χ3v) is 2.91. The first kappa shape index (κ1) is 10.7. The summed E-state index contributed by atoms with van der Waals surface area (Å²) in [7, 11) is 3.91. The lowest BCUT2D eigenvalue weighted by molar-refractivity contribution is 0.0976. The average Bonchev–Trinajstić information content (AvgIpc) is 2.47. The molecule has 1 aromatic heterocycles. The number of nitrogens with zero attached hydrogens (tertiary/aromatic N) is 1. The Kier molecular flexibility index (Phi) is 3.90. The van der Waals surface area contributed by atoms with Crippen molar-refractivity contribution in [2.45, 2.75) is 6.42 Å². The van der Waals surface area contributed by atoms with Gasteiger partial charge in [0.25, 0.3) is 0 Å². The van der Waals surface area contributed by atoms with Gasteiger partial charge in [0, 0.05) is 13.0 Å². The second kappa shape index (κ2) is 4.74. The number of Topliss-reactive ketones (excluding diaryl/α,β-unsaturated/α-hetero) is 1. The summed E-state index contributed by atoms with van der Waals surface area (Å²) in [6, 6.07) is 3.54. The van der Waals surface area contributed by atoms with E-state index in [0.717, 1.165) is 11.4 Å². The minimum atomic E-state index is 0.172. The molecule has 2 nitrogen and oxygen atoms in total. The molecule has 4 heteroatoms. The summed E-state index contributed by atoms with van der Waals surface area (Å²) in [5.41, 5.74) is 0. The SMILES string of the molecule is CN(C)CCC(=O)c1ccc(Cl)s1. The fraction of sp³-hybridized carbons (Fsp3) is 0.444. The first-order chi connectivity index (χ1) is 6.09. The molecule has 0 aliphatic rings. The Balaban J connectivity index is 2.49. The highest BCUT2D eigenvalue weighted by Crippen LogP contribution is 2.22. The third kappa shape index (κ3) is 3.46. The molecule has 0 N–H and O–H groups in total. The molecule has 0 aromatic carbocycles. The minimum absolute atomic E-state index is 0.172. The lowest BCUT2D eigenvalue weighted by Gasteiger charge is -2.06. The van der Waals surface area contributed by atoms with Gasteiger partial charge in [-0.3, -0.25) is 4.79 Å². The maximum atomic E-state index is 11.5. The molecular formula is C9H12ClNOS. The molecule has 0 atom stereocenters. The summed E-state index contributed by atoms with van der Waals surface area (Å²) in [5.74, 6) is 0.172. The molecule has 0 saturated heterocycles. The second-order valence-corrected chi connectivity index (χ2v) is 4.80. The van der Waals surface area contributed by atoms with Crippen LogP contribution in [0.3, 0.4) is 0 Å². The van der Waals surface area contributed by atoms with Crippen molar-refractivity contribution < 1.29 is 4.79 Å². The van der Waals surface area contributed by atoms with E-state index >= 15 is 0 Å². The predicted octanol–water partition coefficient (Wildman–Crippen LogP) is 2.54. The van der Waals surface area contributed by atoms with Crippen molar-refractivity contribution >= 4 is 28.7 Å². The molecule has 1 aromatic rings. The van der Waals surface area contributed by atoms with Crippen molar-refractivity contribution in [2.75, 3.05) is 20.6 Å². The molecule has 0 spiro atoms. The first-order valence-electron chi connectivity index (χ1n) is 4.03. The summed E-state index contributed by atoms with van der Waals surface area (Å²) in [4.78, 5) is 14.2. The van der Waals surface area contributed by atoms with Crippen molar-refractivity contribution in [1.29, 1.82) is 0 Å². The van der Waals surface area contributed by atoms with Crippen LogP contribution in [0, 0.1) is 0 Å². The van der Waals surface area contributed by atoms with Gasteiger partial charge in [-0.15, -0.1) is 11.3 Å². The maximum absolute atomic E-state index is 11.5. The van der Waals surface area contributed by atoms with Crippen LogP contribution in [0.25, 0.3) is 0 Å². The van der Waals surface area contributed by atoms with Crippen LogP contribution in [0.5, 0.6) is 0 Å². The van der Waals surface area contributed by atoms with Gasteiger partial charge in [-0.25, -0.2) is 0 Å². The van der Waals surface area contributed by atoms with Crippen molar-refractivity contribution in [2.24, 2.45) is 0 Å². The zero-order valence-corrected chi connectivity index (χ0v) is 9.28. The van der Waals surface area contributed by atoms with Crippen LogP contribution in [0.1, 0.15) is 16.1 Å². The number of hydrogen-bond donors (Lipinski definition) is 0. The highest BCUT2D eigenvalue weighted by molar-refractivity contribution is 7.18. The molecule has 0 aliphatic carbocycles. The summed E-state index contributed by atoms with van der Waals surface area (Å²) in [6.07, 6.45) is 0.559. The van der Waals surface area contributed by atoms with Crippen LogP contribution >= 0.6 is 22.9 Å². The lowest BCUT2D eigenvalue weighted by atomic mass is 10.2. The number of halogens is 1. The molecule has 0 fully saturated rings. The molecule has 0 aliphatic heterocycles. The number of rotatable bonds is 4. The molecule has 72 valence electrons. The van der Waals surface area contributed by atoms with E-state index in [9.17, 15) is 4.79 Å². The molecule has 0 unspecified atom stereocenters. The van der Waals surface area contributed by atoms with Crippen LogP contribution in [-0.4, -0.2) is 31.3 Å². The number of hydrogen-bond acceptors (Lipinski definition) is 3. The Labute approximate surface area is 87.1 Å². The van der Waals surface area contributed by atoms with Gasteiger partial charge in [0.2, 0.25) is 0 Å². The summed E-state index contributed by atoms with van der Waals surface area (Å²) in [5, 5.41) is 0. The number of ketones is 1. The van der Waals surface area contributed by atoms with E-state index in [0.29, 0.717) is 10.8 Å². The van der Waals surface area contributed by atoms with Crippen LogP contribution in [-0.2, 0) is 0 Å². The van der Waals surface area contributed by atoms with E-state index in [1.165, 1.54) is 11.3 Å². The zero-order valence-electron chi connectivity index (χ0n) is 7.71. The predicted molar refractivity (Wildman–Crippen MR) is 56.8 cm³/mol. The maximum Gasteiger partial charge on any atom is 0.174 e. The first-order valence-corrected chi connectivity index (χ1v) is 5.22. The summed E-state index contributed by atoms with van der Waals surface area (Å²) >= 11 is 7.07. The Hall–Kier alpha value is -0.380. The Bertz CT molecular complexity index is 296. The van der Waals surface area contributed by atoms with E-state index in [-0.39, 0.29) is 5.78 Å². The van der Waals surface area contributed by atoms with Crippen LogP contribution in [0.15, 0.2) is 12.1 Å². The zero-order chi connectivity index (χ0) is 9.84. The number of carbonyl (C=O) groups excluding carboxylic acids is 1. The summed E-state index contributed by atoms with van der Waals surface area (Å²) in [6.45, 7) is 0.786. The van der Waals surface area contributed by atoms with Crippen LogP contribution < -0.4 is 0 Å². The van der Waals surface area contributed by atoms with Gasteiger partial charge in [-0.1, -0.05) is 11.6 Å². The van der Waals surface area contributed by atoms with Gasteiger partial charge in [0.05, 0.1) is 9.21 Å². The molecular weight excluding hydrogens is 206 g/mol. The summed E-state index contributed by atoms with van der Waals surface area (Å²) < 4.78 is 0.674. The minimum Gasteiger partial charge on any atom is -0.309 e. The van der Waals surface area contributed by atoms with Crippen molar-refractivity contribution in [3.8, 4) is 0 Å². The Morgan fingerprint density at radius 2 is 2.23 bits per heavy atom. The van der Waals surface area contributed by atoms with E-state index in [4.69, 9.17) is 11.6 Å². The Morgan fingerprint density at radius 3 is 2.69 bits per heavy atom. The van der Waals surface area contributed by atoms with E-state index in [1.54, 1.807) is 12.1 Å². The normalized spacial score (nSPS) is 10.8. The van der Waals surface area contributed by atoms with Crippen LogP contribution in [0.2, 0.25) is 4.34 Å². The lowest BCUT2D eigenvalue weighted by Crippen LogP contribution is -2.16. The number of carbonyl (C=O) groups is 1. The smallest absolute Gasteiger partial charge is 0.174 e. The molecule has 0 amide bonds. The molecule has 0 saturated carbocycles. The molecule has 13 heavy (non-hydrogen) atoms. The monoisotopic (exact) mass is 217 g/mol. The second-order valence-electron chi connectivity index (χ2n) is 3.08. The van der Waals surface area contributed by atoms with Gasteiger partial charge >= 0.3 is 0 Å². The van der Waals surface area contributed by atoms with Crippen molar-refractivity contribution in [3.05, 3.63) is 21.3 Å². The highest BCUT2D eigenvalue weighted by Gasteiger charge is 2.08. The quantitative estimate of drug-likeness (QED) is 0.723. The van der Waals surface area contributed by atoms with Crippen molar-refractivity contribution in [1.82, 2.24) is 4.90 Å². The van der Waals surface area contributed by atoms with Gasteiger partial charge in [0.1, 0.15) is 0 Å². The Morgan fingerprint density at radius 1 is 1.54 bits per heavy atom. The molecule has 0 bridgehead atoms. The van der Waals surface area contributed by atoms with E-state index in [2.05, 4.69) is 0 Å². The molecule has 1 rings (SSSR count). The fourth-order valence-corrected chi connectivity index (χ4v) is 1.92. The third-order valence-electron chi connectivity index (χ3n) is 1.63. The molecule has 0 radical (unpaired) electrons. The van der Waals surface area contributed by atoms with Gasteiger partial charge < -0.3 is 4.90 Å². The van der Waals surface area contributed by atoms with E-state index in [1.807, 2.05) is 19.0 Å². The molecule has 1 heterocycles. The van der Waals surface area contributed by atoms with Gasteiger partial charge in [-0.05, 0) is 26.2 Å². The van der Waals surface area contributed by atoms with Crippen molar-refractivity contribution in [3.63, 3.8) is 0 Å². The van der Waals surface area contributed by atoms with Gasteiger partial charge in [0.15, 0.2) is 5.78 Å². The highest BCUT2D eigenvalue weighted by atomic mass is 35.5. The standard InChI is InChI=1S/C9H12ClNOS/c1-11(2)6-5-7(12)8-3-4-9(10)13-8/h3-4H,5-6H2,1-2H3. The fourth-order valence-electron chi connectivity index (χ4n) is 0.913. The van der Waals surface area contributed by atoms with Gasteiger partial charge in [-0.2, -0.15) is 0 Å². The largest absolute Gasteiger partial charge is 0.309 e. The van der Waals surface area contributed by atoms with Crippen LogP contribution in [0.4, 0.5) is 0 Å². The average molecular weight is 218 g/mol. The topological polar surface area (TPSA) is 20.3 Å².